The summed E-state index contributed by atoms with van der Waals surface area (Å²) in [5, 5.41) is 37.6. The van der Waals surface area contributed by atoms with Crippen molar-refractivity contribution in [2.45, 2.75) is 305 Å². The lowest BCUT2D eigenvalue weighted by molar-refractivity contribution is -0.179. The van der Waals surface area contributed by atoms with Crippen LogP contribution in [0, 0.1) is 129 Å². The molecule has 0 spiro atoms. The van der Waals surface area contributed by atoms with Crippen LogP contribution in [0.4, 0.5) is 0 Å². The van der Waals surface area contributed by atoms with Crippen molar-refractivity contribution in [3.8, 4) is 45.6 Å². The van der Waals surface area contributed by atoms with Crippen LogP contribution in [0.25, 0.3) is 64.9 Å². The van der Waals surface area contributed by atoms with Crippen molar-refractivity contribution in [2.75, 3.05) is 21.3 Å². The molecule has 6 fully saturated rings. The Balaban J connectivity index is 0.000000181. The van der Waals surface area contributed by atoms with E-state index in [4.69, 9.17) is 59.4 Å². The summed E-state index contributed by atoms with van der Waals surface area (Å²) in [5.74, 6) is -6.08. The van der Waals surface area contributed by atoms with Gasteiger partial charge in [-0.1, -0.05) is 242 Å². The molecule has 0 saturated heterocycles. The topological polar surface area (TPSA) is 405 Å². The SMILES string of the molecule is [C-]#[N+]C(C(=O)O)C(C(=O)OC1C(C)CC(C)CC1C)c1nc(-c2ccc(C)cc2)n[nH]1.[C-]#[N+]C(C(=O)OC)C(C(=O)OC1C(C)CC(C)CC1C)c1nc(-c2ccc(C)cc2)n[nH]1.[C-]#[N+]C(C(=O)OC)C(C(=O)OC1C(C)CC(C)CC1C)c1nc(-c2ccc(CC)cc2)n[nH]1.[C-]#[N+]C(C(=O)OC)C(C(=O)OC1C(C2(C)CCCCC2)CC(C)CC1C1(C)CCCCC1)c1nc(-c2ccc(C)cc2)n[nH]1. The molecular weight excluding hydrogens is 1780 g/mol. The first-order chi connectivity index (χ1) is 66.8. The summed E-state index contributed by atoms with van der Waals surface area (Å²) < 4.78 is 39.0. The van der Waals surface area contributed by atoms with Gasteiger partial charge in [-0.3, -0.25) is 59.0 Å². The fourth-order valence-corrected chi connectivity index (χ4v) is 22.8. The van der Waals surface area contributed by atoms with Crippen LogP contribution in [0.3, 0.4) is 0 Å². The second kappa shape index (κ2) is 48.8. The highest BCUT2D eigenvalue weighted by atomic mass is 16.6. The molecule has 16 atom stereocenters. The lowest BCUT2D eigenvalue weighted by Crippen LogP contribution is -2.53. The zero-order chi connectivity index (χ0) is 102. The molecule has 6 aliphatic carbocycles. The van der Waals surface area contributed by atoms with Crippen LogP contribution in [-0.4, -0.2) is 183 Å². The number of carbonyl (C=O) groups is 8. The molecule has 140 heavy (non-hydrogen) atoms. The standard InChI is InChI=1S/C36H50N4O4.C25H32N4O4.C24H30N4O4.C23H28N4O4/c1-23-13-15-25(16-14-23)31-38-32(40-39-31)28(29(37-5)34(42)43-6)33(41)44-30-26(35(3)17-9-7-10-18-35)21-24(2)22-27(30)36(4)19-11-8-12-20-36;1-7-17-8-10-18(11-9-17)22-27-23(29-28-22)19(20(26-5)25(31)32-6)24(30)33-21-15(3)12-14(2)13-16(21)4;1-13-7-9-17(10-8-13)21-26-22(28-27-21)18(19(25-5)24(30)31-6)23(29)32-20-15(3)11-14(2)12-16(20)4;1-12-6-8-16(9-7-12)20-25-21(27-26-20)17(18(24-5)22(28)29)23(30)31-19-14(3)10-13(2)11-15(19)4/h13-16,24,26-30H,7-12,17-22H2,1-4,6H3,(H,38,39,40);8-11,14-16,19-21H,7,12-13H2,1-4,6H3,(H,27,28,29);7-10,14-16,18-20H,11-12H2,1-4,6H3,(H,26,27,28);6-9,13-15,17-19H,10-11H2,1-4H3,(H,28,29)(H,25,26,27). The molecule has 0 radical (unpaired) electrons. The Morgan fingerprint density at radius 3 is 0.807 bits per heavy atom. The largest absolute Gasteiger partial charge is 0.475 e. The van der Waals surface area contributed by atoms with E-state index >= 15 is 0 Å². The molecule has 8 aromatic rings. The summed E-state index contributed by atoms with van der Waals surface area (Å²) in [5.41, 5.74) is 7.65. The summed E-state index contributed by atoms with van der Waals surface area (Å²) in [6.45, 7) is 64.5. The van der Waals surface area contributed by atoms with E-state index in [-0.39, 0.29) is 106 Å². The lowest BCUT2D eigenvalue weighted by atomic mass is 9.52. The average molecular weight is 1920 g/mol. The van der Waals surface area contributed by atoms with E-state index in [1.54, 1.807) is 0 Å². The van der Waals surface area contributed by atoms with Crippen molar-refractivity contribution in [1.82, 2.24) is 60.7 Å². The molecule has 0 amide bonds. The van der Waals surface area contributed by atoms with Crippen LogP contribution >= 0.6 is 0 Å². The van der Waals surface area contributed by atoms with Gasteiger partial charge in [0.2, 0.25) is 23.7 Å². The number of nitrogens with zero attached hydrogens (tertiary/aromatic N) is 12. The zero-order valence-corrected chi connectivity index (χ0v) is 84.5. The smallest absolute Gasteiger partial charge is 0.391 e. The summed E-state index contributed by atoms with van der Waals surface area (Å²) in [6, 6.07) is 24.7. The number of methoxy groups -OCH3 is 3. The molecule has 16 unspecified atom stereocenters. The van der Waals surface area contributed by atoms with E-state index in [1.165, 1.54) is 65.4 Å². The fraction of sp³-hybridized carbons (Fsp3) is 0.593. The number of benzene rings is 4. The molecule has 14 rings (SSSR count). The molecule has 6 saturated carbocycles. The maximum absolute atomic E-state index is 14.5. The molecule has 32 heteroatoms. The Hall–Kier alpha value is -12.8. The number of H-pyrrole nitrogens is 4. The van der Waals surface area contributed by atoms with E-state index in [1.807, 2.05) is 132 Å². The summed E-state index contributed by atoms with van der Waals surface area (Å²) in [7, 11) is 3.62. The molecular formula is C108H140N16O16. The van der Waals surface area contributed by atoms with Gasteiger partial charge in [-0.25, -0.2) is 65.4 Å². The first-order valence-corrected chi connectivity index (χ1v) is 49.6. The Bertz CT molecular complexity index is 5620. The van der Waals surface area contributed by atoms with Gasteiger partial charge in [0, 0.05) is 34.1 Å². The number of nitrogens with one attached hydrogen (secondary N) is 4. The Morgan fingerprint density at radius 1 is 0.350 bits per heavy atom. The number of carbonyl (C=O) groups excluding carboxylic acids is 7. The number of esters is 7. The minimum Gasteiger partial charge on any atom is -0.475 e. The predicted octanol–water partition coefficient (Wildman–Crippen LogP) is 19.8. The highest BCUT2D eigenvalue weighted by Crippen LogP contribution is 2.58. The van der Waals surface area contributed by atoms with E-state index in [2.05, 4.69) is 156 Å². The fourth-order valence-electron chi connectivity index (χ4n) is 22.8. The lowest BCUT2D eigenvalue weighted by Gasteiger charge is -2.55. The number of carboxylic acid groups (broad SMARTS) is 1. The number of ether oxygens (including phenoxy) is 7. The van der Waals surface area contributed by atoms with Crippen LogP contribution in [-0.2, 0) is 77.9 Å². The molecule has 32 nitrogen and oxygen atoms in total. The Kier molecular flexibility index (Phi) is 37.5. The van der Waals surface area contributed by atoms with Gasteiger partial charge in [-0.15, -0.1) is 0 Å². The normalized spacial score (nSPS) is 25.7. The zero-order valence-electron chi connectivity index (χ0n) is 84.5. The summed E-state index contributed by atoms with van der Waals surface area (Å²) in [4.78, 5) is 135. The van der Waals surface area contributed by atoms with Crippen LogP contribution in [0.15, 0.2) is 97.1 Å². The van der Waals surface area contributed by atoms with Gasteiger partial charge >= 0.3 is 71.9 Å². The van der Waals surface area contributed by atoms with Gasteiger partial charge < -0.3 is 38.3 Å². The Morgan fingerprint density at radius 2 is 0.579 bits per heavy atom. The average Bonchev–Trinajstić information content (AvgIpc) is 1.06. The maximum Gasteiger partial charge on any atom is 0.391 e. The number of rotatable bonds is 27. The number of aromatic amines is 4. The van der Waals surface area contributed by atoms with Crippen molar-refractivity contribution in [3.63, 3.8) is 0 Å². The molecule has 4 aromatic heterocycles. The number of hydrogen-bond acceptors (Lipinski definition) is 23. The highest BCUT2D eigenvalue weighted by Gasteiger charge is 2.57. The highest BCUT2D eigenvalue weighted by molar-refractivity contribution is 5.92. The van der Waals surface area contributed by atoms with Crippen LogP contribution in [0.2, 0.25) is 0 Å². The third-order valence-electron chi connectivity index (χ3n) is 30.1. The Labute approximate surface area is 822 Å². The quantitative estimate of drug-likeness (QED) is 0.0181. The van der Waals surface area contributed by atoms with Crippen LogP contribution in [0.1, 0.15) is 275 Å². The monoisotopic (exact) mass is 1920 g/mol. The molecule has 6 aliphatic rings. The number of hydrogen-bond donors (Lipinski definition) is 5. The maximum atomic E-state index is 14.5. The molecule has 4 heterocycles. The molecule has 748 valence electrons. The van der Waals surface area contributed by atoms with Gasteiger partial charge in [0.25, 0.3) is 0 Å². The van der Waals surface area contributed by atoms with Crippen molar-refractivity contribution in [2.24, 2.45) is 81.8 Å². The molecule has 0 bridgehead atoms. The van der Waals surface area contributed by atoms with Crippen molar-refractivity contribution >= 4 is 47.8 Å². The number of aliphatic carboxylic acids is 1. The van der Waals surface area contributed by atoms with E-state index in [0.717, 1.165) is 122 Å². The molecule has 0 aliphatic heterocycles. The van der Waals surface area contributed by atoms with Crippen molar-refractivity contribution < 1.29 is 76.6 Å². The van der Waals surface area contributed by atoms with Gasteiger partial charge in [-0.2, -0.15) is 20.4 Å². The van der Waals surface area contributed by atoms with Crippen LogP contribution in [0.5, 0.6) is 0 Å². The van der Waals surface area contributed by atoms with Crippen molar-refractivity contribution in [1.29, 1.82) is 0 Å². The van der Waals surface area contributed by atoms with E-state index in [0.29, 0.717) is 47.0 Å². The third-order valence-corrected chi connectivity index (χ3v) is 30.1. The first-order valence-electron chi connectivity index (χ1n) is 49.6. The first kappa shape index (κ1) is 108. The van der Waals surface area contributed by atoms with Gasteiger partial charge in [0.15, 0.2) is 23.3 Å². The molecule has 5 N–H and O–H groups in total. The second-order valence-electron chi connectivity index (χ2n) is 41.4. The summed E-state index contributed by atoms with van der Waals surface area (Å²) >= 11 is 0. The minimum atomic E-state index is -1.65. The summed E-state index contributed by atoms with van der Waals surface area (Å²) in [6.07, 6.45) is 19.3. The van der Waals surface area contributed by atoms with Gasteiger partial charge in [0.1, 0.15) is 47.7 Å². The molecule has 4 aromatic carbocycles. The minimum absolute atomic E-state index is 0.0217. The van der Waals surface area contributed by atoms with Crippen LogP contribution < -0.4 is 0 Å². The number of aryl methyl sites for hydroxylation is 4. The predicted molar refractivity (Wildman–Crippen MR) is 525 cm³/mol. The van der Waals surface area contributed by atoms with Gasteiger partial charge in [-0.05, 0) is 180 Å². The second-order valence-corrected chi connectivity index (χ2v) is 41.4. The van der Waals surface area contributed by atoms with Gasteiger partial charge in [0.05, 0.1) is 21.3 Å². The third kappa shape index (κ3) is 26.2. The number of aromatic nitrogens is 12. The van der Waals surface area contributed by atoms with Crippen molar-refractivity contribution in [3.05, 3.63) is 188 Å². The van der Waals surface area contributed by atoms with E-state index in [9.17, 15) is 43.5 Å². The number of carboxylic acids is 1. The van der Waals surface area contributed by atoms with E-state index < -0.39 is 95.6 Å².